The topological polar surface area (TPSA) is 59.1 Å². The molecule has 0 aromatic heterocycles. The molecule has 3 rings (SSSR count). The molecule has 1 heterocycles. The zero-order valence-electron chi connectivity index (χ0n) is 15.1. The van der Waals surface area contributed by atoms with Gasteiger partial charge in [0.2, 0.25) is 0 Å². The van der Waals surface area contributed by atoms with Crippen LogP contribution in [0.15, 0.2) is 48.5 Å². The maximum absolute atomic E-state index is 13.9. The number of amides is 2. The smallest absolute Gasteiger partial charge is 0.415 e. The molecule has 6 nitrogen and oxygen atoms in total. The van der Waals surface area contributed by atoms with Crippen molar-refractivity contribution >= 4 is 12.0 Å². The van der Waals surface area contributed by atoms with Gasteiger partial charge in [-0.25, -0.2) is 9.18 Å². The molecule has 0 unspecified atom stereocenters. The van der Waals surface area contributed by atoms with E-state index in [2.05, 4.69) is 0 Å². The van der Waals surface area contributed by atoms with E-state index in [1.165, 1.54) is 25.3 Å². The lowest BCUT2D eigenvalue weighted by atomic mass is 10.1. The first-order valence-corrected chi connectivity index (χ1v) is 8.73. The molecule has 7 heteroatoms. The Morgan fingerprint density at radius 1 is 0.963 bits per heavy atom. The van der Waals surface area contributed by atoms with Crippen LogP contribution in [0, 0.1) is 5.82 Å². The van der Waals surface area contributed by atoms with Gasteiger partial charge in [0.15, 0.2) is 11.6 Å². The van der Waals surface area contributed by atoms with E-state index in [0.29, 0.717) is 38.3 Å². The molecular weight excluding hydrogens is 351 g/mol. The second-order valence-electron chi connectivity index (χ2n) is 6.16. The highest BCUT2D eigenvalue weighted by molar-refractivity contribution is 5.94. The van der Waals surface area contributed by atoms with Crippen LogP contribution in [-0.4, -0.2) is 55.1 Å². The number of benzene rings is 2. The number of hydrogen-bond donors (Lipinski definition) is 0. The summed E-state index contributed by atoms with van der Waals surface area (Å²) in [4.78, 5) is 28.2. The molecule has 0 N–H and O–H groups in total. The lowest BCUT2D eigenvalue weighted by Gasteiger charge is -2.22. The van der Waals surface area contributed by atoms with Gasteiger partial charge >= 0.3 is 6.09 Å². The number of para-hydroxylation sites is 1. The van der Waals surface area contributed by atoms with Gasteiger partial charge in [-0.2, -0.15) is 0 Å². The Hall–Kier alpha value is -3.09. The maximum Gasteiger partial charge on any atom is 0.415 e. The molecular formula is C20H21FN2O4. The molecule has 0 aliphatic carbocycles. The van der Waals surface area contributed by atoms with Crippen LogP contribution in [0.25, 0.3) is 0 Å². The third kappa shape index (κ3) is 4.55. The molecule has 142 valence electrons. The zero-order chi connectivity index (χ0) is 19.2. The van der Waals surface area contributed by atoms with Gasteiger partial charge in [-0.05, 0) is 36.8 Å². The predicted octanol–water partition coefficient (Wildman–Crippen LogP) is 3.18. The van der Waals surface area contributed by atoms with Gasteiger partial charge in [0.1, 0.15) is 5.75 Å². The van der Waals surface area contributed by atoms with Gasteiger partial charge in [-0.3, -0.25) is 4.79 Å². The quantitative estimate of drug-likeness (QED) is 0.830. The summed E-state index contributed by atoms with van der Waals surface area (Å²) < 4.78 is 24.1. The molecule has 2 aromatic carbocycles. The van der Waals surface area contributed by atoms with Crippen molar-refractivity contribution in [3.8, 4) is 11.5 Å². The summed E-state index contributed by atoms with van der Waals surface area (Å²) in [6.45, 7) is 1.69. The van der Waals surface area contributed by atoms with Crippen LogP contribution in [0.3, 0.4) is 0 Å². The zero-order valence-corrected chi connectivity index (χ0v) is 15.1. The van der Waals surface area contributed by atoms with Crippen LogP contribution in [0.2, 0.25) is 0 Å². The number of carbonyl (C=O) groups excluding carboxylic acids is 2. The van der Waals surface area contributed by atoms with Crippen molar-refractivity contribution in [3.63, 3.8) is 0 Å². The lowest BCUT2D eigenvalue weighted by Crippen LogP contribution is -2.38. The fourth-order valence-electron chi connectivity index (χ4n) is 2.94. The standard InChI is InChI=1S/C20H21FN2O4/c1-26-18-9-8-15(14-17(18)21)19(24)22-10-5-11-23(13-12-22)20(25)27-16-6-3-2-4-7-16/h2-4,6-9,14H,5,10-13H2,1H3. The van der Waals surface area contributed by atoms with Crippen molar-refractivity contribution < 1.29 is 23.5 Å². The van der Waals surface area contributed by atoms with Crippen molar-refractivity contribution in [1.29, 1.82) is 0 Å². The molecule has 2 aromatic rings. The van der Waals surface area contributed by atoms with Gasteiger partial charge in [-0.1, -0.05) is 18.2 Å². The molecule has 0 saturated carbocycles. The second kappa shape index (κ2) is 8.53. The molecule has 0 atom stereocenters. The first kappa shape index (κ1) is 18.7. The van der Waals surface area contributed by atoms with Gasteiger partial charge in [0, 0.05) is 31.7 Å². The van der Waals surface area contributed by atoms with Gasteiger partial charge in [0.05, 0.1) is 7.11 Å². The number of ether oxygens (including phenoxy) is 2. The van der Waals surface area contributed by atoms with Crippen molar-refractivity contribution in [2.75, 3.05) is 33.3 Å². The van der Waals surface area contributed by atoms with E-state index in [4.69, 9.17) is 9.47 Å². The summed E-state index contributed by atoms with van der Waals surface area (Å²) in [5.74, 6) is -0.272. The van der Waals surface area contributed by atoms with E-state index < -0.39 is 11.9 Å². The molecule has 0 spiro atoms. The summed E-state index contributed by atoms with van der Waals surface area (Å²) >= 11 is 0. The Labute approximate surface area is 157 Å². The minimum atomic E-state index is -0.578. The number of carbonyl (C=O) groups is 2. The Kier molecular flexibility index (Phi) is 5.90. The van der Waals surface area contributed by atoms with Crippen LogP contribution in [0.1, 0.15) is 16.8 Å². The highest BCUT2D eigenvalue weighted by Crippen LogP contribution is 2.19. The van der Waals surface area contributed by atoms with Crippen LogP contribution < -0.4 is 9.47 Å². The van der Waals surface area contributed by atoms with E-state index >= 15 is 0 Å². The maximum atomic E-state index is 13.9. The molecule has 0 radical (unpaired) electrons. The molecule has 2 amide bonds. The SMILES string of the molecule is COc1ccc(C(=O)N2CCCN(C(=O)Oc3ccccc3)CC2)cc1F. The third-order valence-corrected chi connectivity index (χ3v) is 4.39. The molecule has 27 heavy (non-hydrogen) atoms. The fraction of sp³-hybridized carbons (Fsp3) is 0.300. The van der Waals surface area contributed by atoms with Crippen LogP contribution in [0.5, 0.6) is 11.5 Å². The molecule has 1 aliphatic rings. The first-order valence-electron chi connectivity index (χ1n) is 8.73. The number of hydrogen-bond acceptors (Lipinski definition) is 4. The molecule has 1 saturated heterocycles. The summed E-state index contributed by atoms with van der Waals surface area (Å²) in [6, 6.07) is 13.0. The Morgan fingerprint density at radius 2 is 1.67 bits per heavy atom. The molecule has 1 aliphatic heterocycles. The highest BCUT2D eigenvalue weighted by Gasteiger charge is 2.24. The monoisotopic (exact) mass is 372 g/mol. The minimum absolute atomic E-state index is 0.0947. The number of nitrogens with zero attached hydrogens (tertiary/aromatic N) is 2. The lowest BCUT2D eigenvalue weighted by molar-refractivity contribution is 0.0759. The number of methoxy groups -OCH3 is 1. The van der Waals surface area contributed by atoms with E-state index in [1.807, 2.05) is 6.07 Å². The van der Waals surface area contributed by atoms with Crippen molar-refractivity contribution in [1.82, 2.24) is 9.80 Å². The minimum Gasteiger partial charge on any atom is -0.494 e. The van der Waals surface area contributed by atoms with Crippen molar-refractivity contribution in [3.05, 3.63) is 59.9 Å². The van der Waals surface area contributed by atoms with Gasteiger partial charge in [0.25, 0.3) is 5.91 Å². The van der Waals surface area contributed by atoms with Crippen LogP contribution >= 0.6 is 0 Å². The summed E-state index contributed by atoms with van der Waals surface area (Å²) in [5, 5.41) is 0. The molecule has 0 bridgehead atoms. The Balaban J connectivity index is 1.61. The highest BCUT2D eigenvalue weighted by atomic mass is 19.1. The van der Waals surface area contributed by atoms with Crippen molar-refractivity contribution in [2.45, 2.75) is 6.42 Å². The van der Waals surface area contributed by atoms with Crippen LogP contribution in [0.4, 0.5) is 9.18 Å². The van der Waals surface area contributed by atoms with E-state index in [-0.39, 0.29) is 17.2 Å². The average Bonchev–Trinajstić information content (AvgIpc) is 2.94. The van der Waals surface area contributed by atoms with E-state index in [1.54, 1.807) is 34.1 Å². The Bertz CT molecular complexity index is 813. The van der Waals surface area contributed by atoms with Gasteiger partial charge < -0.3 is 19.3 Å². The second-order valence-corrected chi connectivity index (χ2v) is 6.16. The fourth-order valence-corrected chi connectivity index (χ4v) is 2.94. The van der Waals surface area contributed by atoms with E-state index in [0.717, 1.165) is 0 Å². The van der Waals surface area contributed by atoms with Gasteiger partial charge in [-0.15, -0.1) is 0 Å². The summed E-state index contributed by atoms with van der Waals surface area (Å²) in [6.07, 6.45) is 0.180. The summed E-state index contributed by atoms with van der Waals surface area (Å²) in [7, 11) is 1.37. The number of rotatable bonds is 3. The van der Waals surface area contributed by atoms with Crippen LogP contribution in [-0.2, 0) is 0 Å². The third-order valence-electron chi connectivity index (χ3n) is 4.39. The normalized spacial score (nSPS) is 14.4. The predicted molar refractivity (Wildman–Crippen MR) is 97.5 cm³/mol. The van der Waals surface area contributed by atoms with Crippen molar-refractivity contribution in [2.24, 2.45) is 0 Å². The largest absolute Gasteiger partial charge is 0.494 e. The first-order chi connectivity index (χ1) is 13.1. The summed E-state index contributed by atoms with van der Waals surface area (Å²) in [5.41, 5.74) is 0.258. The number of halogens is 1. The van der Waals surface area contributed by atoms with E-state index in [9.17, 15) is 14.0 Å². The molecule has 1 fully saturated rings. The average molecular weight is 372 g/mol. The Morgan fingerprint density at radius 3 is 2.37 bits per heavy atom.